The summed E-state index contributed by atoms with van der Waals surface area (Å²) in [7, 11) is 1.58. The smallest absolute Gasteiger partial charge is 0.344 e. The van der Waals surface area contributed by atoms with Gasteiger partial charge < -0.3 is 9.47 Å². The van der Waals surface area contributed by atoms with Crippen molar-refractivity contribution in [1.82, 2.24) is 0 Å². The molecule has 28 heavy (non-hydrogen) atoms. The Labute approximate surface area is 163 Å². The lowest BCUT2D eigenvalue weighted by molar-refractivity contribution is 0.0714. The van der Waals surface area contributed by atoms with E-state index >= 15 is 0 Å². The van der Waals surface area contributed by atoms with E-state index in [2.05, 4.69) is 0 Å². The molecule has 0 spiro atoms. The average Bonchev–Trinajstić information content (AvgIpc) is 3.09. The summed E-state index contributed by atoms with van der Waals surface area (Å²) in [5.41, 5.74) is 3.06. The third-order valence-electron chi connectivity index (χ3n) is 4.71. The lowest BCUT2D eigenvalue weighted by Crippen LogP contribution is -2.10. The number of ketones is 1. The first-order valence-electron chi connectivity index (χ1n) is 8.95. The molecule has 4 heteroatoms. The number of ether oxygens (including phenoxy) is 2. The number of methoxy groups -OCH3 is 1. The summed E-state index contributed by atoms with van der Waals surface area (Å²) < 4.78 is 10.7. The minimum Gasteiger partial charge on any atom is -0.497 e. The molecule has 0 saturated carbocycles. The van der Waals surface area contributed by atoms with E-state index in [-0.39, 0.29) is 5.78 Å². The summed E-state index contributed by atoms with van der Waals surface area (Å²) >= 11 is 0. The molecule has 1 aliphatic heterocycles. The Morgan fingerprint density at radius 3 is 2.18 bits per heavy atom. The fourth-order valence-corrected chi connectivity index (χ4v) is 3.27. The number of cyclic esters (lactones) is 1. The van der Waals surface area contributed by atoms with Gasteiger partial charge in [-0.25, -0.2) is 4.79 Å². The van der Waals surface area contributed by atoms with Crippen molar-refractivity contribution in [3.8, 4) is 5.75 Å². The molecule has 1 aliphatic rings. The summed E-state index contributed by atoms with van der Waals surface area (Å²) in [5.74, 6) is 0.404. The molecule has 0 aliphatic carbocycles. The maximum Gasteiger partial charge on any atom is 0.344 e. The molecule has 4 nitrogen and oxygen atoms in total. The van der Waals surface area contributed by atoms with Crippen LogP contribution in [0.25, 0.3) is 5.76 Å². The molecule has 3 aromatic rings. The van der Waals surface area contributed by atoms with Crippen LogP contribution >= 0.6 is 0 Å². The van der Waals surface area contributed by atoms with Crippen LogP contribution in [0.5, 0.6) is 5.75 Å². The highest BCUT2D eigenvalue weighted by molar-refractivity contribution is 6.16. The van der Waals surface area contributed by atoms with Crippen molar-refractivity contribution in [3.05, 3.63) is 107 Å². The van der Waals surface area contributed by atoms with Crippen LogP contribution in [0.1, 0.15) is 31.8 Å². The molecule has 0 N–H and O–H groups in total. The number of rotatable bonds is 5. The van der Waals surface area contributed by atoms with Crippen molar-refractivity contribution >= 4 is 17.5 Å². The molecule has 1 heterocycles. The molecule has 0 radical (unpaired) electrons. The van der Waals surface area contributed by atoms with Crippen LogP contribution in [-0.2, 0) is 11.2 Å². The first kappa shape index (κ1) is 17.7. The van der Waals surface area contributed by atoms with Crippen molar-refractivity contribution in [2.75, 3.05) is 7.11 Å². The van der Waals surface area contributed by atoms with Gasteiger partial charge >= 0.3 is 5.97 Å². The molecule has 0 fully saturated rings. The predicted octanol–water partition coefficient (Wildman–Crippen LogP) is 4.70. The highest BCUT2D eigenvalue weighted by Gasteiger charge is 2.31. The maximum atomic E-state index is 13.4. The van der Waals surface area contributed by atoms with Crippen LogP contribution in [0.3, 0.4) is 0 Å². The number of carbonyl (C=O) groups excluding carboxylic acids is 2. The average molecular weight is 370 g/mol. The first-order chi connectivity index (χ1) is 13.7. The van der Waals surface area contributed by atoms with Crippen LogP contribution < -0.4 is 4.74 Å². The Kier molecular flexibility index (Phi) is 4.77. The molecule has 0 saturated heterocycles. The fraction of sp³-hybridized carbons (Fsp3) is 0.0833. The lowest BCUT2D eigenvalue weighted by atomic mass is 9.93. The largest absolute Gasteiger partial charge is 0.497 e. The third-order valence-corrected chi connectivity index (χ3v) is 4.71. The quantitative estimate of drug-likeness (QED) is 0.371. The van der Waals surface area contributed by atoms with Crippen molar-refractivity contribution in [2.24, 2.45) is 0 Å². The predicted molar refractivity (Wildman–Crippen MR) is 106 cm³/mol. The lowest BCUT2D eigenvalue weighted by Gasteiger charge is -2.11. The molecule has 138 valence electrons. The molecule has 4 rings (SSSR count). The number of Topliss-reactive ketones (excluding diaryl/α,β-unsaturated/α-hetero) is 1. The van der Waals surface area contributed by atoms with E-state index in [9.17, 15) is 9.59 Å². The molecule has 0 bridgehead atoms. The number of hydrogen-bond acceptors (Lipinski definition) is 4. The Morgan fingerprint density at radius 2 is 1.50 bits per heavy atom. The van der Waals surface area contributed by atoms with Crippen LogP contribution in [0.15, 0.2) is 84.4 Å². The van der Waals surface area contributed by atoms with Crippen molar-refractivity contribution in [1.29, 1.82) is 0 Å². The zero-order chi connectivity index (χ0) is 19.5. The molecular formula is C24H18O4. The number of carbonyl (C=O) groups is 2. The Balaban J connectivity index is 1.83. The number of allylic oxidation sites excluding steroid dienone is 1. The Morgan fingerprint density at radius 1 is 0.857 bits per heavy atom. The van der Waals surface area contributed by atoms with E-state index in [0.717, 1.165) is 5.56 Å². The second kappa shape index (κ2) is 7.53. The van der Waals surface area contributed by atoms with Crippen molar-refractivity contribution in [3.63, 3.8) is 0 Å². The van der Waals surface area contributed by atoms with E-state index < -0.39 is 5.97 Å². The van der Waals surface area contributed by atoms with Gasteiger partial charge in [-0.3, -0.25) is 4.79 Å². The van der Waals surface area contributed by atoms with Gasteiger partial charge in [-0.05, 0) is 35.9 Å². The van der Waals surface area contributed by atoms with E-state index in [4.69, 9.17) is 9.47 Å². The number of fused-ring (bicyclic) bond motifs is 1. The maximum absolute atomic E-state index is 13.4. The molecule has 0 atom stereocenters. The SMILES string of the molecule is COc1ccc(C(=O)/C(Cc2ccccc2)=C2\OC(=O)c3ccccc32)cc1. The van der Waals surface area contributed by atoms with Crippen molar-refractivity contribution < 1.29 is 19.1 Å². The van der Waals surface area contributed by atoms with Gasteiger partial charge in [-0.1, -0.05) is 48.5 Å². The van der Waals surface area contributed by atoms with E-state index in [1.165, 1.54) is 0 Å². The summed E-state index contributed by atoms with van der Waals surface area (Å²) in [6.45, 7) is 0. The Hall–Kier alpha value is -3.66. The summed E-state index contributed by atoms with van der Waals surface area (Å²) in [4.78, 5) is 25.7. The molecule has 0 amide bonds. The normalized spacial score (nSPS) is 14.2. The molecule has 0 aromatic heterocycles. The first-order valence-corrected chi connectivity index (χ1v) is 8.95. The second-order valence-electron chi connectivity index (χ2n) is 6.46. The topological polar surface area (TPSA) is 52.6 Å². The highest BCUT2D eigenvalue weighted by atomic mass is 16.5. The minimum atomic E-state index is -0.432. The number of esters is 1. The van der Waals surface area contributed by atoms with E-state index in [1.54, 1.807) is 43.5 Å². The van der Waals surface area contributed by atoms with Gasteiger partial charge in [0.15, 0.2) is 5.78 Å². The fourth-order valence-electron chi connectivity index (χ4n) is 3.27. The molecule has 3 aromatic carbocycles. The Bertz CT molecular complexity index is 1060. The van der Waals surface area contributed by atoms with Gasteiger partial charge in [0.05, 0.1) is 12.7 Å². The van der Waals surface area contributed by atoms with E-state index in [1.807, 2.05) is 42.5 Å². The van der Waals surface area contributed by atoms with Crippen molar-refractivity contribution in [2.45, 2.75) is 6.42 Å². The molecular weight excluding hydrogens is 352 g/mol. The van der Waals surface area contributed by atoms with Gasteiger partial charge in [0.25, 0.3) is 0 Å². The van der Waals surface area contributed by atoms with Gasteiger partial charge in [0.1, 0.15) is 11.5 Å². The monoisotopic (exact) mass is 370 g/mol. The zero-order valence-corrected chi connectivity index (χ0v) is 15.3. The highest BCUT2D eigenvalue weighted by Crippen LogP contribution is 2.34. The van der Waals surface area contributed by atoms with E-state index in [0.29, 0.717) is 40.2 Å². The van der Waals surface area contributed by atoms with Gasteiger partial charge in [0, 0.05) is 23.1 Å². The van der Waals surface area contributed by atoms with Crippen LogP contribution in [-0.4, -0.2) is 18.9 Å². The number of benzene rings is 3. The summed E-state index contributed by atoms with van der Waals surface area (Å²) in [5, 5.41) is 0. The minimum absolute atomic E-state index is 0.175. The van der Waals surface area contributed by atoms with Crippen LogP contribution in [0, 0.1) is 0 Å². The zero-order valence-electron chi connectivity index (χ0n) is 15.3. The second-order valence-corrected chi connectivity index (χ2v) is 6.46. The van der Waals surface area contributed by atoms with Gasteiger partial charge in [-0.2, -0.15) is 0 Å². The van der Waals surface area contributed by atoms with Crippen LogP contribution in [0.2, 0.25) is 0 Å². The number of hydrogen-bond donors (Lipinski definition) is 0. The molecule has 0 unspecified atom stereocenters. The third kappa shape index (κ3) is 3.32. The standard InChI is InChI=1S/C24H18O4/c1-27-18-13-11-17(12-14-18)22(25)21(15-16-7-3-2-4-8-16)23-19-9-5-6-10-20(19)24(26)28-23/h2-14H,15H2,1H3/b23-21-. The van der Waals surface area contributed by atoms with Gasteiger partial charge in [-0.15, -0.1) is 0 Å². The van der Waals surface area contributed by atoms with Crippen LogP contribution in [0.4, 0.5) is 0 Å². The summed E-state index contributed by atoms with van der Waals surface area (Å²) in [6, 6.07) is 23.7. The van der Waals surface area contributed by atoms with Gasteiger partial charge in [0.2, 0.25) is 0 Å². The summed E-state index contributed by atoms with van der Waals surface area (Å²) in [6.07, 6.45) is 0.364.